The minimum absolute atomic E-state index is 0.317. The molecule has 2 unspecified atom stereocenters. The quantitative estimate of drug-likeness (QED) is 0.846. The molecule has 3 nitrogen and oxygen atoms in total. The maximum atomic E-state index is 5.78. The van der Waals surface area contributed by atoms with E-state index >= 15 is 0 Å². The summed E-state index contributed by atoms with van der Waals surface area (Å²) in [7, 11) is 0. The molecule has 0 saturated carbocycles. The number of hydrogen-bond donors (Lipinski definition) is 1. The van der Waals surface area contributed by atoms with Gasteiger partial charge >= 0.3 is 0 Å². The van der Waals surface area contributed by atoms with Gasteiger partial charge in [0.2, 0.25) is 0 Å². The normalized spacial score (nSPS) is 17.4. The molecule has 1 aromatic rings. The smallest absolute Gasteiger partial charge is 0.161 e. The number of fused-ring (bicyclic) bond motifs is 1. The van der Waals surface area contributed by atoms with Crippen LogP contribution in [0.3, 0.4) is 0 Å². The summed E-state index contributed by atoms with van der Waals surface area (Å²) in [6, 6.07) is 7.14. The zero-order chi connectivity index (χ0) is 15.2. The Balaban J connectivity index is 2.05. The Morgan fingerprint density at radius 1 is 1.05 bits per heavy atom. The van der Waals surface area contributed by atoms with Crippen molar-refractivity contribution in [2.75, 3.05) is 13.2 Å². The minimum atomic E-state index is 0.317. The van der Waals surface area contributed by atoms with Gasteiger partial charge in [0.25, 0.3) is 0 Å². The van der Waals surface area contributed by atoms with Gasteiger partial charge in [-0.1, -0.05) is 32.8 Å². The van der Waals surface area contributed by atoms with Crippen LogP contribution in [0, 0.1) is 5.92 Å². The highest BCUT2D eigenvalue weighted by Crippen LogP contribution is 2.32. The third-order valence-corrected chi connectivity index (χ3v) is 4.54. The van der Waals surface area contributed by atoms with Gasteiger partial charge in [0, 0.05) is 18.5 Å². The van der Waals surface area contributed by atoms with Crippen molar-refractivity contribution in [2.24, 2.45) is 5.92 Å². The predicted molar refractivity (Wildman–Crippen MR) is 87.1 cm³/mol. The van der Waals surface area contributed by atoms with E-state index in [0.29, 0.717) is 12.1 Å². The fourth-order valence-electron chi connectivity index (χ4n) is 3.07. The molecule has 21 heavy (non-hydrogen) atoms. The summed E-state index contributed by atoms with van der Waals surface area (Å²) in [6.45, 7) is 10.5. The molecule has 0 radical (unpaired) electrons. The summed E-state index contributed by atoms with van der Waals surface area (Å²) < 4.78 is 11.5. The Bertz CT molecular complexity index is 443. The molecule has 3 heteroatoms. The average molecular weight is 291 g/mol. The molecule has 1 heterocycles. The summed E-state index contributed by atoms with van der Waals surface area (Å²) in [6.07, 6.45) is 3.39. The highest BCUT2D eigenvalue weighted by molar-refractivity contribution is 5.44. The third kappa shape index (κ3) is 4.13. The van der Waals surface area contributed by atoms with E-state index in [1.54, 1.807) is 0 Å². The average Bonchev–Trinajstić information content (AvgIpc) is 2.72. The van der Waals surface area contributed by atoms with Crippen LogP contribution in [0.2, 0.25) is 0 Å². The minimum Gasteiger partial charge on any atom is -0.490 e. The highest BCUT2D eigenvalue weighted by atomic mass is 16.5. The molecule has 118 valence electrons. The van der Waals surface area contributed by atoms with Gasteiger partial charge in [-0.25, -0.2) is 0 Å². The van der Waals surface area contributed by atoms with Gasteiger partial charge < -0.3 is 14.8 Å². The maximum absolute atomic E-state index is 5.78. The van der Waals surface area contributed by atoms with Crippen LogP contribution in [0.25, 0.3) is 0 Å². The lowest BCUT2D eigenvalue weighted by Gasteiger charge is -2.27. The van der Waals surface area contributed by atoms with E-state index in [-0.39, 0.29) is 0 Å². The van der Waals surface area contributed by atoms with E-state index in [1.807, 2.05) is 6.07 Å². The first kappa shape index (κ1) is 16.2. The Morgan fingerprint density at radius 3 is 2.38 bits per heavy atom. The molecule has 0 spiro atoms. The summed E-state index contributed by atoms with van der Waals surface area (Å²) in [4.78, 5) is 0. The summed E-state index contributed by atoms with van der Waals surface area (Å²) in [5.41, 5.74) is 1.26. The van der Waals surface area contributed by atoms with Gasteiger partial charge in [-0.05, 0) is 37.5 Å². The summed E-state index contributed by atoms with van der Waals surface area (Å²) >= 11 is 0. The Hall–Kier alpha value is -1.22. The standard InChI is InChI=1S/C18H29NO2/c1-5-15(6-2)13(3)19-14(4)16-8-9-17-18(12-16)21-11-7-10-20-17/h8-9,12-15,19H,5-7,10-11H2,1-4H3. The zero-order valence-corrected chi connectivity index (χ0v) is 13.8. The molecule has 0 saturated heterocycles. The molecule has 1 aliphatic rings. The van der Waals surface area contributed by atoms with E-state index < -0.39 is 0 Å². The maximum Gasteiger partial charge on any atom is 0.161 e. The topological polar surface area (TPSA) is 30.5 Å². The molecular weight excluding hydrogens is 262 g/mol. The summed E-state index contributed by atoms with van der Waals surface area (Å²) in [5, 5.41) is 3.72. The molecule has 0 aromatic heterocycles. The van der Waals surface area contributed by atoms with Gasteiger partial charge in [0.05, 0.1) is 13.2 Å². The molecule has 1 N–H and O–H groups in total. The van der Waals surface area contributed by atoms with Crippen molar-refractivity contribution in [1.82, 2.24) is 5.32 Å². The molecule has 2 rings (SSSR count). The number of benzene rings is 1. The molecule has 1 aliphatic heterocycles. The first-order valence-corrected chi connectivity index (χ1v) is 8.31. The van der Waals surface area contributed by atoms with E-state index in [0.717, 1.165) is 37.1 Å². The third-order valence-electron chi connectivity index (χ3n) is 4.54. The Kier molecular flexibility index (Phi) is 5.92. The fraction of sp³-hybridized carbons (Fsp3) is 0.667. The molecule has 0 fully saturated rings. The van der Waals surface area contributed by atoms with Crippen LogP contribution in [0.1, 0.15) is 58.6 Å². The van der Waals surface area contributed by atoms with E-state index in [1.165, 1.54) is 18.4 Å². The second-order valence-corrected chi connectivity index (χ2v) is 6.01. The first-order chi connectivity index (χ1) is 10.2. The van der Waals surface area contributed by atoms with E-state index in [9.17, 15) is 0 Å². The highest BCUT2D eigenvalue weighted by Gasteiger charge is 2.18. The molecule has 0 amide bonds. The largest absolute Gasteiger partial charge is 0.490 e. The number of hydrogen-bond acceptors (Lipinski definition) is 3. The summed E-state index contributed by atoms with van der Waals surface area (Å²) in [5.74, 6) is 2.48. The Morgan fingerprint density at radius 2 is 1.71 bits per heavy atom. The fourth-order valence-corrected chi connectivity index (χ4v) is 3.07. The van der Waals surface area contributed by atoms with Crippen molar-refractivity contribution >= 4 is 0 Å². The van der Waals surface area contributed by atoms with Gasteiger partial charge in [-0.15, -0.1) is 0 Å². The van der Waals surface area contributed by atoms with Crippen molar-refractivity contribution in [2.45, 2.75) is 59.0 Å². The number of ether oxygens (including phenoxy) is 2. The SMILES string of the molecule is CCC(CC)C(C)NC(C)c1ccc2c(c1)OCCCO2. The molecule has 1 aromatic carbocycles. The van der Waals surface area contributed by atoms with Gasteiger partial charge in [-0.3, -0.25) is 0 Å². The van der Waals surface area contributed by atoms with Gasteiger partial charge in [0.15, 0.2) is 11.5 Å². The van der Waals surface area contributed by atoms with E-state index in [2.05, 4.69) is 45.1 Å². The predicted octanol–water partition coefficient (Wildman–Crippen LogP) is 4.32. The van der Waals surface area contributed by atoms with Crippen molar-refractivity contribution < 1.29 is 9.47 Å². The molecular formula is C18H29NO2. The van der Waals surface area contributed by atoms with Crippen LogP contribution >= 0.6 is 0 Å². The lowest BCUT2D eigenvalue weighted by atomic mass is 9.94. The zero-order valence-electron chi connectivity index (χ0n) is 13.8. The van der Waals surface area contributed by atoms with Crippen LogP contribution in [0.4, 0.5) is 0 Å². The van der Waals surface area contributed by atoms with E-state index in [4.69, 9.17) is 9.47 Å². The molecule has 2 atom stereocenters. The molecule has 0 aliphatic carbocycles. The van der Waals surface area contributed by atoms with Crippen LogP contribution in [-0.4, -0.2) is 19.3 Å². The first-order valence-electron chi connectivity index (χ1n) is 8.31. The van der Waals surface area contributed by atoms with Gasteiger partial charge in [-0.2, -0.15) is 0 Å². The second kappa shape index (κ2) is 7.69. The van der Waals surface area contributed by atoms with Gasteiger partial charge in [0.1, 0.15) is 0 Å². The van der Waals surface area contributed by atoms with Crippen LogP contribution in [-0.2, 0) is 0 Å². The molecule has 0 bridgehead atoms. The second-order valence-electron chi connectivity index (χ2n) is 6.01. The lowest BCUT2D eigenvalue weighted by Crippen LogP contribution is -2.35. The number of nitrogens with one attached hydrogen (secondary N) is 1. The van der Waals surface area contributed by atoms with Crippen LogP contribution in [0.5, 0.6) is 11.5 Å². The van der Waals surface area contributed by atoms with Crippen molar-refractivity contribution in [3.05, 3.63) is 23.8 Å². The lowest BCUT2D eigenvalue weighted by molar-refractivity contribution is 0.296. The Labute approximate surface area is 129 Å². The van der Waals surface area contributed by atoms with Crippen LogP contribution in [0.15, 0.2) is 18.2 Å². The van der Waals surface area contributed by atoms with Crippen molar-refractivity contribution in [3.63, 3.8) is 0 Å². The van der Waals surface area contributed by atoms with Crippen molar-refractivity contribution in [3.8, 4) is 11.5 Å². The van der Waals surface area contributed by atoms with Crippen molar-refractivity contribution in [1.29, 1.82) is 0 Å². The monoisotopic (exact) mass is 291 g/mol. The number of rotatable bonds is 6. The van der Waals surface area contributed by atoms with Crippen LogP contribution < -0.4 is 14.8 Å².